The van der Waals surface area contributed by atoms with E-state index in [0.29, 0.717) is 27.1 Å². The first kappa shape index (κ1) is 21.1. The summed E-state index contributed by atoms with van der Waals surface area (Å²) in [5.74, 6) is -0.686. The highest BCUT2D eigenvalue weighted by Crippen LogP contribution is 2.33. The smallest absolute Gasteiger partial charge is 0.337 e. The number of nitrogens with two attached hydrogens (primary N) is 1. The van der Waals surface area contributed by atoms with Crippen molar-refractivity contribution in [1.29, 1.82) is 0 Å². The average Bonchev–Trinajstić information content (AvgIpc) is 3.00. The van der Waals surface area contributed by atoms with Crippen molar-refractivity contribution in [2.24, 2.45) is 10.7 Å². The summed E-state index contributed by atoms with van der Waals surface area (Å²) in [5, 5.41) is 0.495. The predicted octanol–water partition coefficient (Wildman–Crippen LogP) is 2.57. The summed E-state index contributed by atoms with van der Waals surface area (Å²) in [6.45, 7) is -0.198. The molecule has 9 heteroatoms. The molecule has 1 aliphatic rings. The highest BCUT2D eigenvalue weighted by atomic mass is 32.2. The van der Waals surface area contributed by atoms with Gasteiger partial charge in [0.1, 0.15) is 5.75 Å². The second kappa shape index (κ2) is 9.27. The number of carbonyl (C=O) groups excluding carboxylic acids is 3. The van der Waals surface area contributed by atoms with Crippen LogP contribution in [0.3, 0.4) is 0 Å². The van der Waals surface area contributed by atoms with Crippen molar-refractivity contribution < 1.29 is 23.9 Å². The Hall–Kier alpha value is -3.59. The summed E-state index contributed by atoms with van der Waals surface area (Å²) >= 11 is 1.23. The molecule has 0 aliphatic carbocycles. The third-order valence-corrected chi connectivity index (χ3v) is 5.11. The van der Waals surface area contributed by atoms with E-state index < -0.39 is 11.9 Å². The zero-order chi connectivity index (χ0) is 21.7. The van der Waals surface area contributed by atoms with Crippen LogP contribution in [0.5, 0.6) is 5.75 Å². The fourth-order valence-corrected chi connectivity index (χ4v) is 3.54. The van der Waals surface area contributed by atoms with Gasteiger partial charge in [-0.1, -0.05) is 18.2 Å². The Balaban J connectivity index is 1.78. The van der Waals surface area contributed by atoms with E-state index in [1.165, 1.54) is 23.8 Å². The van der Waals surface area contributed by atoms with Gasteiger partial charge in [-0.3, -0.25) is 14.5 Å². The quantitative estimate of drug-likeness (QED) is 0.562. The number of ether oxygens (including phenoxy) is 2. The van der Waals surface area contributed by atoms with Crippen molar-refractivity contribution in [2.75, 3.05) is 20.8 Å². The maximum atomic E-state index is 12.6. The van der Waals surface area contributed by atoms with E-state index in [1.54, 1.807) is 61.7 Å². The summed E-state index contributed by atoms with van der Waals surface area (Å²) in [5.41, 5.74) is 6.76. The Kier molecular flexibility index (Phi) is 6.53. The summed E-state index contributed by atoms with van der Waals surface area (Å²) in [6.07, 6.45) is 1.74. The lowest BCUT2D eigenvalue weighted by Gasteiger charge is -2.07. The molecule has 0 unspecified atom stereocenters. The number of nitrogens with zero attached hydrogens (tertiary/aromatic N) is 2. The molecule has 0 radical (unpaired) electrons. The van der Waals surface area contributed by atoms with Crippen LogP contribution < -0.4 is 10.5 Å². The SMILES string of the molecule is COC(=O)c1cccc(N=C2SC(=Cc3ccc(OCC(N)=O)cc3)C(=O)N2C)c1. The van der Waals surface area contributed by atoms with E-state index in [2.05, 4.69) is 4.99 Å². The highest BCUT2D eigenvalue weighted by molar-refractivity contribution is 8.18. The molecule has 1 aliphatic heterocycles. The molecule has 30 heavy (non-hydrogen) atoms. The van der Waals surface area contributed by atoms with Gasteiger partial charge in [-0.25, -0.2) is 9.79 Å². The Morgan fingerprint density at radius 2 is 1.93 bits per heavy atom. The fourth-order valence-electron chi connectivity index (χ4n) is 2.55. The van der Waals surface area contributed by atoms with Gasteiger partial charge in [-0.2, -0.15) is 0 Å². The van der Waals surface area contributed by atoms with E-state index >= 15 is 0 Å². The Morgan fingerprint density at radius 3 is 2.60 bits per heavy atom. The molecule has 2 aromatic rings. The van der Waals surface area contributed by atoms with Crippen molar-refractivity contribution in [3.8, 4) is 5.75 Å². The topological polar surface area (TPSA) is 111 Å². The van der Waals surface area contributed by atoms with Gasteiger partial charge in [0.2, 0.25) is 0 Å². The molecular weight excluding hydrogens is 406 g/mol. The normalized spacial score (nSPS) is 16.2. The number of benzene rings is 2. The van der Waals surface area contributed by atoms with Gasteiger partial charge < -0.3 is 15.2 Å². The van der Waals surface area contributed by atoms with Crippen molar-refractivity contribution in [1.82, 2.24) is 4.90 Å². The number of likely N-dealkylation sites (N-methyl/N-ethyl adjacent to an activating group) is 1. The molecule has 154 valence electrons. The predicted molar refractivity (Wildman–Crippen MR) is 114 cm³/mol. The molecule has 0 saturated carbocycles. The van der Waals surface area contributed by atoms with Crippen molar-refractivity contribution in [2.45, 2.75) is 0 Å². The standard InChI is InChI=1S/C21H19N3O5S/c1-24-19(26)17(10-13-6-8-16(9-7-13)29-12-18(22)25)30-21(24)23-15-5-3-4-14(11-15)20(27)28-2/h3-11H,12H2,1-2H3,(H2,22,25). The number of rotatable bonds is 6. The molecule has 0 aromatic heterocycles. The van der Waals surface area contributed by atoms with Gasteiger partial charge in [0.25, 0.3) is 11.8 Å². The van der Waals surface area contributed by atoms with Gasteiger partial charge in [-0.05, 0) is 53.7 Å². The molecule has 0 atom stereocenters. The Bertz CT molecular complexity index is 1050. The third kappa shape index (κ3) is 5.06. The van der Waals surface area contributed by atoms with E-state index in [0.717, 1.165) is 5.56 Å². The first-order valence-corrected chi connectivity index (χ1v) is 9.65. The number of amidine groups is 1. The number of hydrogen-bond acceptors (Lipinski definition) is 7. The molecule has 2 N–H and O–H groups in total. The summed E-state index contributed by atoms with van der Waals surface area (Å²) < 4.78 is 9.94. The highest BCUT2D eigenvalue weighted by Gasteiger charge is 2.30. The minimum Gasteiger partial charge on any atom is -0.484 e. The number of primary amides is 1. The first-order valence-electron chi connectivity index (χ1n) is 8.83. The van der Waals surface area contributed by atoms with Crippen molar-refractivity contribution in [3.63, 3.8) is 0 Å². The molecule has 1 fully saturated rings. The van der Waals surface area contributed by atoms with Crippen LogP contribution in [0, 0.1) is 0 Å². The zero-order valence-corrected chi connectivity index (χ0v) is 17.1. The zero-order valence-electron chi connectivity index (χ0n) is 16.3. The summed E-state index contributed by atoms with van der Waals surface area (Å²) in [6, 6.07) is 13.6. The largest absolute Gasteiger partial charge is 0.484 e. The number of aliphatic imine (C=N–C) groups is 1. The minimum atomic E-state index is -0.555. The van der Waals surface area contributed by atoms with Crippen LogP contribution in [0.25, 0.3) is 6.08 Å². The Labute approximate surface area is 177 Å². The van der Waals surface area contributed by atoms with Crippen LogP contribution in [-0.2, 0) is 14.3 Å². The maximum Gasteiger partial charge on any atom is 0.337 e. The molecule has 1 heterocycles. The summed E-state index contributed by atoms with van der Waals surface area (Å²) in [7, 11) is 2.95. The number of thioether (sulfide) groups is 1. The van der Waals surface area contributed by atoms with Gasteiger partial charge in [0, 0.05) is 7.05 Å². The van der Waals surface area contributed by atoms with Crippen LogP contribution in [0.15, 0.2) is 58.4 Å². The molecule has 2 amide bonds. The minimum absolute atomic E-state index is 0.183. The number of carbonyl (C=O) groups is 3. The van der Waals surface area contributed by atoms with Gasteiger partial charge in [-0.15, -0.1) is 0 Å². The van der Waals surface area contributed by atoms with Crippen LogP contribution in [0.2, 0.25) is 0 Å². The number of methoxy groups -OCH3 is 1. The fraction of sp³-hybridized carbons (Fsp3) is 0.143. The second-order valence-corrected chi connectivity index (χ2v) is 7.24. The lowest BCUT2D eigenvalue weighted by molar-refractivity contribution is -0.121. The average molecular weight is 425 g/mol. The molecule has 0 bridgehead atoms. The van der Waals surface area contributed by atoms with Crippen molar-refractivity contribution >= 4 is 46.5 Å². The molecule has 3 rings (SSSR count). The van der Waals surface area contributed by atoms with Gasteiger partial charge >= 0.3 is 5.97 Å². The van der Waals surface area contributed by atoms with Crippen LogP contribution >= 0.6 is 11.8 Å². The molecule has 0 spiro atoms. The number of hydrogen-bond donors (Lipinski definition) is 1. The third-order valence-electron chi connectivity index (χ3n) is 4.05. The molecular formula is C21H19N3O5S. The maximum absolute atomic E-state index is 12.6. The monoisotopic (exact) mass is 425 g/mol. The second-order valence-electron chi connectivity index (χ2n) is 6.24. The Morgan fingerprint density at radius 1 is 1.20 bits per heavy atom. The van der Waals surface area contributed by atoms with Crippen LogP contribution in [0.1, 0.15) is 15.9 Å². The van der Waals surface area contributed by atoms with E-state index in [4.69, 9.17) is 15.2 Å². The van der Waals surface area contributed by atoms with Crippen LogP contribution in [-0.4, -0.2) is 48.6 Å². The number of amides is 2. The van der Waals surface area contributed by atoms with E-state index in [-0.39, 0.29) is 12.5 Å². The van der Waals surface area contributed by atoms with E-state index in [9.17, 15) is 14.4 Å². The molecule has 2 aromatic carbocycles. The first-order chi connectivity index (χ1) is 14.4. The number of esters is 1. The van der Waals surface area contributed by atoms with Crippen molar-refractivity contribution in [3.05, 3.63) is 64.6 Å². The lowest BCUT2D eigenvalue weighted by Crippen LogP contribution is -2.23. The van der Waals surface area contributed by atoms with Gasteiger partial charge in [0.05, 0.1) is 23.3 Å². The molecule has 8 nitrogen and oxygen atoms in total. The van der Waals surface area contributed by atoms with Gasteiger partial charge in [0.15, 0.2) is 11.8 Å². The lowest BCUT2D eigenvalue weighted by atomic mass is 10.2. The van der Waals surface area contributed by atoms with Crippen LogP contribution in [0.4, 0.5) is 5.69 Å². The molecule has 1 saturated heterocycles. The van der Waals surface area contributed by atoms with E-state index in [1.807, 2.05) is 0 Å². The summed E-state index contributed by atoms with van der Waals surface area (Å²) in [4.78, 5) is 41.5.